The second-order valence-electron chi connectivity index (χ2n) is 6.85. The smallest absolute Gasteiger partial charge is 0.0681 e. The number of nitrogens with zero attached hydrogens (tertiary/aromatic N) is 2. The monoisotopic (exact) mass is 265 g/mol. The fourth-order valence-electron chi connectivity index (χ4n) is 3.52. The number of aromatic nitrogens is 2. The molecule has 0 saturated carbocycles. The summed E-state index contributed by atoms with van der Waals surface area (Å²) in [5.74, 6) is 0.440. The minimum absolute atomic E-state index is 0.0562. The third-order valence-corrected chi connectivity index (χ3v) is 4.47. The van der Waals surface area contributed by atoms with Crippen molar-refractivity contribution in [1.29, 1.82) is 0 Å². The van der Waals surface area contributed by atoms with Crippen LogP contribution in [0.3, 0.4) is 0 Å². The van der Waals surface area contributed by atoms with Crippen molar-refractivity contribution in [3.63, 3.8) is 0 Å². The van der Waals surface area contributed by atoms with E-state index in [1.165, 1.54) is 11.3 Å². The molecule has 0 spiro atoms. The Bertz CT molecular complexity index is 462. The summed E-state index contributed by atoms with van der Waals surface area (Å²) >= 11 is 0. The highest BCUT2D eigenvalue weighted by Crippen LogP contribution is 2.47. The summed E-state index contributed by atoms with van der Waals surface area (Å²) in [4.78, 5) is 0. The Morgan fingerprint density at radius 2 is 2.05 bits per heavy atom. The summed E-state index contributed by atoms with van der Waals surface area (Å²) in [6, 6.07) is 0.283. The predicted octanol–water partition coefficient (Wildman–Crippen LogP) is 2.58. The van der Waals surface area contributed by atoms with Crippen molar-refractivity contribution in [2.75, 3.05) is 7.05 Å². The first-order valence-electron chi connectivity index (χ1n) is 7.04. The van der Waals surface area contributed by atoms with Crippen LogP contribution in [0.5, 0.6) is 0 Å². The van der Waals surface area contributed by atoms with Gasteiger partial charge in [-0.2, -0.15) is 5.10 Å². The average Bonchev–Trinajstić information content (AvgIpc) is 2.69. The van der Waals surface area contributed by atoms with E-state index >= 15 is 0 Å². The summed E-state index contributed by atoms with van der Waals surface area (Å²) < 4.78 is 8.17. The van der Waals surface area contributed by atoms with E-state index < -0.39 is 0 Å². The molecule has 1 N–H and O–H groups in total. The lowest BCUT2D eigenvalue weighted by atomic mass is 9.79. The molecule has 4 nitrogen and oxygen atoms in total. The fourth-order valence-corrected chi connectivity index (χ4v) is 3.52. The molecule has 1 aromatic heterocycles. The van der Waals surface area contributed by atoms with Gasteiger partial charge in [0.05, 0.1) is 17.4 Å². The van der Waals surface area contributed by atoms with Gasteiger partial charge in [-0.1, -0.05) is 0 Å². The highest BCUT2D eigenvalue weighted by atomic mass is 16.5. The highest BCUT2D eigenvalue weighted by Gasteiger charge is 2.49. The molecular weight excluding hydrogens is 238 g/mol. The van der Waals surface area contributed by atoms with Crippen LogP contribution in [-0.4, -0.2) is 28.0 Å². The molecule has 19 heavy (non-hydrogen) atoms. The minimum Gasteiger partial charge on any atom is -0.369 e. The van der Waals surface area contributed by atoms with Crippen molar-refractivity contribution < 1.29 is 4.74 Å². The number of hydrogen-bond donors (Lipinski definition) is 1. The Balaban J connectivity index is 2.35. The predicted molar refractivity (Wildman–Crippen MR) is 77.1 cm³/mol. The van der Waals surface area contributed by atoms with Crippen molar-refractivity contribution >= 4 is 0 Å². The number of ether oxygens (including phenoxy) is 1. The number of aryl methyl sites for hydroxylation is 1. The summed E-state index contributed by atoms with van der Waals surface area (Å²) in [5, 5.41) is 7.85. The van der Waals surface area contributed by atoms with Gasteiger partial charge in [0, 0.05) is 30.3 Å². The van der Waals surface area contributed by atoms with E-state index in [0.717, 1.165) is 6.42 Å². The normalized spacial score (nSPS) is 26.6. The van der Waals surface area contributed by atoms with Gasteiger partial charge in [-0.15, -0.1) is 0 Å². The Morgan fingerprint density at radius 1 is 1.42 bits per heavy atom. The SMILES string of the molecule is CNC(c1cnn(C)c1C)C1CC(C)(C)OC1(C)C. The van der Waals surface area contributed by atoms with Crippen molar-refractivity contribution in [3.05, 3.63) is 17.5 Å². The second-order valence-corrected chi connectivity index (χ2v) is 6.85. The third-order valence-electron chi connectivity index (χ3n) is 4.47. The Kier molecular flexibility index (Phi) is 3.52. The molecule has 1 fully saturated rings. The topological polar surface area (TPSA) is 39.1 Å². The summed E-state index contributed by atoms with van der Waals surface area (Å²) in [6.07, 6.45) is 3.04. The highest BCUT2D eigenvalue weighted by molar-refractivity contribution is 5.23. The Morgan fingerprint density at radius 3 is 2.42 bits per heavy atom. The zero-order valence-electron chi connectivity index (χ0n) is 13.2. The van der Waals surface area contributed by atoms with Crippen LogP contribution in [0.2, 0.25) is 0 Å². The maximum Gasteiger partial charge on any atom is 0.0681 e. The van der Waals surface area contributed by atoms with Crippen LogP contribution in [0.1, 0.15) is 51.4 Å². The summed E-state index contributed by atoms with van der Waals surface area (Å²) in [7, 11) is 4.02. The first-order valence-corrected chi connectivity index (χ1v) is 7.04. The van der Waals surface area contributed by atoms with E-state index in [0.29, 0.717) is 5.92 Å². The lowest BCUT2D eigenvalue weighted by molar-refractivity contribution is -0.0776. The first kappa shape index (κ1) is 14.5. The molecule has 1 aromatic rings. The molecule has 2 atom stereocenters. The zero-order valence-corrected chi connectivity index (χ0v) is 13.2. The van der Waals surface area contributed by atoms with Crippen molar-refractivity contribution in [3.8, 4) is 0 Å². The van der Waals surface area contributed by atoms with Gasteiger partial charge in [0.2, 0.25) is 0 Å². The molecule has 0 aromatic carbocycles. The van der Waals surface area contributed by atoms with E-state index in [1.54, 1.807) is 0 Å². The standard InChI is InChI=1S/C15H27N3O/c1-10-11(9-17-18(10)7)13(16-6)12-8-14(2,3)19-15(12,4)5/h9,12-13,16H,8H2,1-7H3. The molecule has 4 heteroatoms. The van der Waals surface area contributed by atoms with E-state index in [9.17, 15) is 0 Å². The van der Waals surface area contributed by atoms with Crippen LogP contribution in [0.15, 0.2) is 6.20 Å². The number of rotatable bonds is 3. The van der Waals surface area contributed by atoms with Crippen LogP contribution >= 0.6 is 0 Å². The Hall–Kier alpha value is -0.870. The maximum atomic E-state index is 6.23. The molecule has 0 bridgehead atoms. The maximum absolute atomic E-state index is 6.23. The molecule has 2 rings (SSSR count). The zero-order chi connectivity index (χ0) is 14.4. The van der Waals surface area contributed by atoms with Crippen LogP contribution in [-0.2, 0) is 11.8 Å². The van der Waals surface area contributed by atoms with Gasteiger partial charge in [-0.05, 0) is 48.1 Å². The first-order chi connectivity index (χ1) is 8.68. The van der Waals surface area contributed by atoms with Crippen LogP contribution in [0.4, 0.5) is 0 Å². The van der Waals surface area contributed by atoms with Crippen LogP contribution < -0.4 is 5.32 Å². The minimum atomic E-state index is -0.126. The summed E-state index contributed by atoms with van der Waals surface area (Å²) in [5.41, 5.74) is 2.32. The largest absolute Gasteiger partial charge is 0.369 e. The van der Waals surface area contributed by atoms with Gasteiger partial charge in [-0.3, -0.25) is 4.68 Å². The lowest BCUT2D eigenvalue weighted by Crippen LogP contribution is -2.37. The second kappa shape index (κ2) is 4.60. The lowest BCUT2D eigenvalue weighted by Gasteiger charge is -2.32. The van der Waals surface area contributed by atoms with Crippen molar-refractivity contribution in [1.82, 2.24) is 15.1 Å². The van der Waals surface area contributed by atoms with Gasteiger partial charge < -0.3 is 10.1 Å². The molecule has 0 amide bonds. The van der Waals surface area contributed by atoms with E-state index in [4.69, 9.17) is 4.74 Å². The van der Waals surface area contributed by atoms with Crippen LogP contribution in [0.25, 0.3) is 0 Å². The Labute approximate surface area is 116 Å². The molecule has 0 aliphatic carbocycles. The van der Waals surface area contributed by atoms with Gasteiger partial charge in [0.15, 0.2) is 0 Å². The molecule has 1 saturated heterocycles. The van der Waals surface area contributed by atoms with Crippen molar-refractivity contribution in [2.45, 2.75) is 58.3 Å². The van der Waals surface area contributed by atoms with E-state index in [1.807, 2.05) is 25.0 Å². The van der Waals surface area contributed by atoms with E-state index in [-0.39, 0.29) is 17.2 Å². The van der Waals surface area contributed by atoms with E-state index in [2.05, 4.69) is 45.0 Å². The number of nitrogens with one attached hydrogen (secondary N) is 1. The van der Waals surface area contributed by atoms with Gasteiger partial charge >= 0.3 is 0 Å². The molecular formula is C15H27N3O. The quantitative estimate of drug-likeness (QED) is 0.913. The molecule has 108 valence electrons. The molecule has 1 aliphatic heterocycles. The molecule has 1 aliphatic rings. The van der Waals surface area contributed by atoms with Crippen molar-refractivity contribution in [2.24, 2.45) is 13.0 Å². The van der Waals surface area contributed by atoms with Gasteiger partial charge in [0.25, 0.3) is 0 Å². The number of hydrogen-bond acceptors (Lipinski definition) is 3. The molecule has 2 unspecified atom stereocenters. The third kappa shape index (κ3) is 2.56. The van der Waals surface area contributed by atoms with Gasteiger partial charge in [-0.25, -0.2) is 0 Å². The average molecular weight is 265 g/mol. The van der Waals surface area contributed by atoms with Gasteiger partial charge in [0.1, 0.15) is 0 Å². The molecule has 0 radical (unpaired) electrons. The summed E-state index contributed by atoms with van der Waals surface area (Å²) in [6.45, 7) is 10.9. The van der Waals surface area contributed by atoms with Crippen LogP contribution in [0, 0.1) is 12.8 Å². The molecule has 2 heterocycles. The fraction of sp³-hybridized carbons (Fsp3) is 0.800.